The van der Waals surface area contributed by atoms with E-state index in [-0.39, 0.29) is 4.90 Å². The van der Waals surface area contributed by atoms with Gasteiger partial charge in [0.1, 0.15) is 29.2 Å². The molecule has 9 nitrogen and oxygen atoms in total. The van der Waals surface area contributed by atoms with E-state index in [4.69, 9.17) is 4.74 Å². The largest absolute Gasteiger partial charge is 0.494 e. The predicted octanol–water partition coefficient (Wildman–Crippen LogP) is 3.31. The van der Waals surface area contributed by atoms with Crippen molar-refractivity contribution in [2.75, 3.05) is 43.2 Å². The second kappa shape index (κ2) is 10.5. The molecule has 35 heavy (non-hydrogen) atoms. The Hall–Kier alpha value is -2.78. The van der Waals surface area contributed by atoms with E-state index in [1.54, 1.807) is 57.5 Å². The van der Waals surface area contributed by atoms with E-state index in [2.05, 4.69) is 25.9 Å². The molecular weight excluding hydrogens is 485 g/mol. The fourth-order valence-corrected chi connectivity index (χ4v) is 7.59. The Labute approximate surface area is 206 Å². The van der Waals surface area contributed by atoms with Crippen LogP contribution in [0.2, 0.25) is 0 Å². The van der Waals surface area contributed by atoms with Crippen LogP contribution in [0.25, 0.3) is 0 Å². The molecular formula is C24H31N5O4PS+. The molecule has 0 aliphatic carbocycles. The maximum Gasteiger partial charge on any atom is 0.229 e. The van der Waals surface area contributed by atoms with Crippen LogP contribution in [0.5, 0.6) is 5.75 Å². The first kappa shape index (κ1) is 25.3. The van der Waals surface area contributed by atoms with E-state index in [1.165, 1.54) is 0 Å². The van der Waals surface area contributed by atoms with Crippen molar-refractivity contribution in [1.82, 2.24) is 15.3 Å². The third-order valence-electron chi connectivity index (χ3n) is 5.96. The normalized spacial score (nSPS) is 15.6. The minimum Gasteiger partial charge on any atom is -0.494 e. The van der Waals surface area contributed by atoms with Gasteiger partial charge in [0, 0.05) is 25.4 Å². The predicted molar refractivity (Wildman–Crippen MR) is 142 cm³/mol. The zero-order valence-electron chi connectivity index (χ0n) is 20.0. The quantitative estimate of drug-likeness (QED) is 0.334. The highest BCUT2D eigenvalue weighted by molar-refractivity contribution is 7.92. The van der Waals surface area contributed by atoms with Crippen LogP contribution in [-0.2, 0) is 9.84 Å². The van der Waals surface area contributed by atoms with E-state index in [0.717, 1.165) is 30.7 Å². The summed E-state index contributed by atoms with van der Waals surface area (Å²) in [5, 5.41) is 9.94. The number of hydrogen-bond acceptors (Lipinski definition) is 9. The molecule has 0 spiro atoms. The average Bonchev–Trinajstić information content (AvgIpc) is 2.85. The molecule has 0 unspecified atom stereocenters. The average molecular weight is 517 g/mol. The van der Waals surface area contributed by atoms with Crippen molar-refractivity contribution in [2.45, 2.75) is 24.0 Å². The molecule has 0 radical (unpaired) electrons. The number of aromatic nitrogens is 2. The number of anilines is 4. The van der Waals surface area contributed by atoms with Crippen molar-refractivity contribution in [1.29, 1.82) is 0 Å². The monoisotopic (exact) mass is 516 g/mol. The molecule has 4 N–H and O–H groups in total. The van der Waals surface area contributed by atoms with Crippen molar-refractivity contribution in [2.24, 2.45) is 0 Å². The molecule has 1 aliphatic heterocycles. The molecule has 0 bridgehead atoms. The smallest absolute Gasteiger partial charge is 0.229 e. The Kier molecular flexibility index (Phi) is 7.56. The third kappa shape index (κ3) is 5.56. The van der Waals surface area contributed by atoms with Crippen molar-refractivity contribution in [3.8, 4) is 5.75 Å². The Balaban J connectivity index is 1.57. The molecule has 186 valence electrons. The first-order valence-electron chi connectivity index (χ1n) is 11.4. The molecule has 1 aromatic heterocycles. The second-order valence-corrected chi connectivity index (χ2v) is 14.3. The van der Waals surface area contributed by atoms with Gasteiger partial charge in [0.05, 0.1) is 28.6 Å². The number of rotatable bonds is 8. The highest BCUT2D eigenvalue weighted by Gasteiger charge is 2.40. The van der Waals surface area contributed by atoms with E-state index < -0.39 is 22.6 Å². The van der Waals surface area contributed by atoms with Crippen molar-refractivity contribution >= 4 is 45.8 Å². The summed E-state index contributed by atoms with van der Waals surface area (Å²) in [7, 11) is -4.08. The second-order valence-electron chi connectivity index (χ2n) is 8.61. The van der Waals surface area contributed by atoms with E-state index in [0.29, 0.717) is 28.9 Å². The summed E-state index contributed by atoms with van der Waals surface area (Å²) >= 11 is 0. The molecule has 0 amide bonds. The molecule has 1 fully saturated rings. The fourth-order valence-electron chi connectivity index (χ4n) is 3.88. The van der Waals surface area contributed by atoms with Gasteiger partial charge >= 0.3 is 0 Å². The van der Waals surface area contributed by atoms with Crippen LogP contribution in [0.4, 0.5) is 23.1 Å². The van der Waals surface area contributed by atoms with Crippen molar-refractivity contribution in [3.05, 3.63) is 54.7 Å². The summed E-state index contributed by atoms with van der Waals surface area (Å²) in [6.07, 6.45) is 3.07. The van der Waals surface area contributed by atoms with Crippen LogP contribution < -0.4 is 26.0 Å². The zero-order valence-corrected chi connectivity index (χ0v) is 21.7. The molecule has 1 aliphatic rings. The maximum absolute atomic E-state index is 12.8. The lowest BCUT2D eigenvalue weighted by Gasteiger charge is -2.25. The summed E-state index contributed by atoms with van der Waals surface area (Å²) in [6, 6.07) is 14.1. The van der Waals surface area contributed by atoms with Crippen LogP contribution in [-0.4, -0.2) is 61.1 Å². The van der Waals surface area contributed by atoms with Gasteiger partial charge in [-0.05, 0) is 44.2 Å². The zero-order chi connectivity index (χ0) is 25.1. The summed E-state index contributed by atoms with van der Waals surface area (Å²) in [5.41, 5.74) is 1.12. The number of nitrogens with zero attached hydrogens (tertiary/aromatic N) is 2. The highest BCUT2D eigenvalue weighted by Crippen LogP contribution is 2.54. The van der Waals surface area contributed by atoms with Crippen LogP contribution in [0.15, 0.2) is 59.6 Å². The van der Waals surface area contributed by atoms with Gasteiger partial charge in [0.25, 0.3) is 0 Å². The van der Waals surface area contributed by atoms with E-state index >= 15 is 0 Å². The van der Waals surface area contributed by atoms with Crippen LogP contribution in [0, 0.1) is 0 Å². The maximum atomic E-state index is 12.8. The Morgan fingerprint density at radius 1 is 1.06 bits per heavy atom. The van der Waals surface area contributed by atoms with Gasteiger partial charge in [0.2, 0.25) is 5.95 Å². The molecule has 2 aromatic carbocycles. The van der Waals surface area contributed by atoms with Gasteiger partial charge in [-0.25, -0.2) is 18.3 Å². The molecule has 2 heterocycles. The van der Waals surface area contributed by atoms with Gasteiger partial charge in [-0.2, -0.15) is 4.98 Å². The fraction of sp³-hybridized carbons (Fsp3) is 0.333. The Bertz CT molecular complexity index is 1300. The SMILES string of the molecule is COc1cc([P+]2(O)CCNCC2)ccc1Nc1nccc(Nc2ccccc2S(=O)(=O)C(C)C)n1. The molecule has 4 rings (SSSR count). The van der Waals surface area contributed by atoms with Gasteiger partial charge in [-0.1, -0.05) is 12.1 Å². The lowest BCUT2D eigenvalue weighted by atomic mass is 10.3. The Morgan fingerprint density at radius 3 is 2.51 bits per heavy atom. The summed E-state index contributed by atoms with van der Waals surface area (Å²) in [4.78, 5) is 20.2. The number of sulfone groups is 1. The standard InChI is InChI=1S/C24H31N5O4PS/c1-17(2)35(31,32)22-7-5-4-6-20(22)27-23-10-11-26-24(29-23)28-19-9-8-18(16-21(19)33-3)34(30)14-12-25-13-15-34/h4-11,16-17,25,30H,12-15H2,1-3H3,(H2,26,27,28,29)/q+1. The van der Waals surface area contributed by atoms with Crippen LogP contribution >= 0.6 is 7.49 Å². The number of ether oxygens (including phenoxy) is 1. The summed E-state index contributed by atoms with van der Waals surface area (Å²) < 4.78 is 31.1. The minimum absolute atomic E-state index is 0.222. The van der Waals surface area contributed by atoms with Crippen molar-refractivity contribution in [3.63, 3.8) is 0 Å². The third-order valence-corrected chi connectivity index (χ3v) is 11.3. The minimum atomic E-state index is -3.47. The van der Waals surface area contributed by atoms with E-state index in [1.807, 2.05) is 18.2 Å². The summed E-state index contributed by atoms with van der Waals surface area (Å²) in [6.45, 7) is 4.93. The van der Waals surface area contributed by atoms with E-state index in [9.17, 15) is 13.3 Å². The van der Waals surface area contributed by atoms with Crippen LogP contribution in [0.1, 0.15) is 13.8 Å². The van der Waals surface area contributed by atoms with Gasteiger partial charge < -0.3 is 20.7 Å². The number of para-hydroxylation sites is 1. The van der Waals surface area contributed by atoms with Gasteiger partial charge in [-0.3, -0.25) is 0 Å². The van der Waals surface area contributed by atoms with Crippen molar-refractivity contribution < 1.29 is 18.0 Å². The summed E-state index contributed by atoms with van der Waals surface area (Å²) in [5.74, 6) is 1.35. The van der Waals surface area contributed by atoms with Gasteiger partial charge in [-0.15, -0.1) is 0 Å². The molecule has 0 saturated carbocycles. The van der Waals surface area contributed by atoms with Gasteiger partial charge in [0.15, 0.2) is 17.3 Å². The Morgan fingerprint density at radius 2 is 1.80 bits per heavy atom. The highest BCUT2D eigenvalue weighted by atomic mass is 32.2. The topological polar surface area (TPSA) is 125 Å². The van der Waals surface area contributed by atoms with Crippen LogP contribution in [0.3, 0.4) is 0 Å². The first-order valence-corrected chi connectivity index (χ1v) is 15.1. The first-order chi connectivity index (χ1) is 16.7. The molecule has 1 saturated heterocycles. The molecule has 3 aromatic rings. The number of benzene rings is 2. The lowest BCUT2D eigenvalue weighted by molar-refractivity contribution is 0.417. The number of hydrogen-bond donors (Lipinski definition) is 4. The molecule has 11 heteroatoms. The number of methoxy groups -OCH3 is 1. The lowest BCUT2D eigenvalue weighted by Crippen LogP contribution is -2.35. The molecule has 0 atom stereocenters. The number of nitrogens with one attached hydrogen (secondary N) is 3.